The zero-order valence-electron chi connectivity index (χ0n) is 14.3. The number of carbonyl (C=O) groups is 2. The highest BCUT2D eigenvalue weighted by atomic mass is 32.1. The van der Waals surface area contributed by atoms with E-state index in [0.717, 1.165) is 15.4 Å². The summed E-state index contributed by atoms with van der Waals surface area (Å²) in [5.41, 5.74) is 0.750. The molecule has 9 heteroatoms. The van der Waals surface area contributed by atoms with Gasteiger partial charge in [-0.15, -0.1) is 22.7 Å². The molecule has 2 amide bonds. The maximum absolute atomic E-state index is 13.1. The van der Waals surface area contributed by atoms with Gasteiger partial charge in [0.25, 0.3) is 5.91 Å². The number of nitrogens with one attached hydrogen (secondary N) is 2. The van der Waals surface area contributed by atoms with Crippen molar-refractivity contribution in [3.63, 3.8) is 0 Å². The third kappa shape index (κ3) is 5.60. The molecular formula is C18H16FN3O3S2. The molecule has 6 nitrogen and oxygen atoms in total. The van der Waals surface area contributed by atoms with E-state index in [2.05, 4.69) is 15.6 Å². The Morgan fingerprint density at radius 2 is 2.11 bits per heavy atom. The number of thiophene rings is 1. The molecule has 0 spiro atoms. The second-order valence-electron chi connectivity index (χ2n) is 5.51. The summed E-state index contributed by atoms with van der Waals surface area (Å²) >= 11 is 2.83. The number of aromatic nitrogens is 1. The van der Waals surface area contributed by atoms with Crippen molar-refractivity contribution >= 4 is 39.6 Å². The Morgan fingerprint density at radius 1 is 1.26 bits per heavy atom. The van der Waals surface area contributed by atoms with Gasteiger partial charge in [-0.05, 0) is 24.3 Å². The number of hydrogen-bond donors (Lipinski definition) is 2. The Bertz CT molecular complexity index is 955. The smallest absolute Gasteiger partial charge is 0.264 e. The van der Waals surface area contributed by atoms with Crippen molar-refractivity contribution in [1.29, 1.82) is 0 Å². The largest absolute Gasteiger partial charge is 0.484 e. The summed E-state index contributed by atoms with van der Waals surface area (Å²) in [5, 5.41) is 7.71. The van der Waals surface area contributed by atoms with Crippen molar-refractivity contribution in [2.75, 3.05) is 11.9 Å². The number of thiazole rings is 1. The molecule has 0 fully saturated rings. The van der Waals surface area contributed by atoms with Gasteiger partial charge in [-0.2, -0.15) is 0 Å². The van der Waals surface area contributed by atoms with E-state index in [1.165, 1.54) is 47.8 Å². The van der Waals surface area contributed by atoms with Crippen molar-refractivity contribution in [2.45, 2.75) is 13.5 Å². The molecule has 2 aromatic heterocycles. The van der Waals surface area contributed by atoms with Crippen LogP contribution in [0.15, 0.2) is 41.8 Å². The van der Waals surface area contributed by atoms with Gasteiger partial charge in [0, 0.05) is 23.2 Å². The first-order chi connectivity index (χ1) is 13.0. The molecule has 0 unspecified atom stereocenters. The van der Waals surface area contributed by atoms with Gasteiger partial charge in [-0.3, -0.25) is 14.9 Å². The zero-order valence-corrected chi connectivity index (χ0v) is 16.0. The predicted molar refractivity (Wildman–Crippen MR) is 103 cm³/mol. The molecule has 0 bridgehead atoms. The van der Waals surface area contributed by atoms with Gasteiger partial charge in [-0.1, -0.05) is 6.07 Å². The fraction of sp³-hybridized carbons (Fsp3) is 0.167. The molecule has 0 saturated heterocycles. The standard InChI is InChI=1S/C18H16FN3O3S2/c1-11(23)20-8-14-5-6-16(27-14)15-10-26-18(21-15)22-17(24)9-25-13-4-2-3-12(19)7-13/h2-7,10H,8-9H2,1H3,(H,20,23)(H,21,22,24). The Hall–Kier alpha value is -2.78. The number of rotatable bonds is 7. The topological polar surface area (TPSA) is 80.3 Å². The average Bonchev–Trinajstić information content (AvgIpc) is 3.27. The van der Waals surface area contributed by atoms with E-state index in [0.29, 0.717) is 11.7 Å². The predicted octanol–water partition coefficient (Wildman–Crippen LogP) is 3.66. The van der Waals surface area contributed by atoms with Gasteiger partial charge in [-0.25, -0.2) is 9.37 Å². The SMILES string of the molecule is CC(=O)NCc1ccc(-c2csc(NC(=O)COc3cccc(F)c3)n2)s1. The summed E-state index contributed by atoms with van der Waals surface area (Å²) in [5.74, 6) is -0.594. The Labute approximate surface area is 163 Å². The Balaban J connectivity index is 1.54. The summed E-state index contributed by atoms with van der Waals surface area (Å²) in [6, 6.07) is 9.46. The molecule has 0 aliphatic heterocycles. The lowest BCUT2D eigenvalue weighted by Crippen LogP contribution is -2.20. The molecule has 0 aliphatic rings. The van der Waals surface area contributed by atoms with Crippen LogP contribution in [0.2, 0.25) is 0 Å². The van der Waals surface area contributed by atoms with Gasteiger partial charge < -0.3 is 10.1 Å². The van der Waals surface area contributed by atoms with Gasteiger partial charge in [0.15, 0.2) is 11.7 Å². The molecule has 27 heavy (non-hydrogen) atoms. The van der Waals surface area contributed by atoms with E-state index in [9.17, 15) is 14.0 Å². The van der Waals surface area contributed by atoms with Crippen LogP contribution in [0.4, 0.5) is 9.52 Å². The van der Waals surface area contributed by atoms with Gasteiger partial charge in [0.2, 0.25) is 5.91 Å². The van der Waals surface area contributed by atoms with Crippen molar-refractivity contribution < 1.29 is 18.7 Å². The summed E-state index contributed by atoms with van der Waals surface area (Å²) in [6.45, 7) is 1.71. The normalized spacial score (nSPS) is 10.4. The monoisotopic (exact) mass is 405 g/mol. The molecular weight excluding hydrogens is 389 g/mol. The van der Waals surface area contributed by atoms with Crippen molar-refractivity contribution in [3.05, 3.63) is 52.5 Å². The summed E-state index contributed by atoms with van der Waals surface area (Å²) < 4.78 is 18.3. The molecule has 3 rings (SSSR count). The van der Waals surface area contributed by atoms with Crippen LogP contribution in [0.5, 0.6) is 5.75 Å². The maximum atomic E-state index is 13.1. The zero-order chi connectivity index (χ0) is 19.2. The first-order valence-electron chi connectivity index (χ1n) is 7.97. The first-order valence-corrected chi connectivity index (χ1v) is 9.66. The molecule has 1 aromatic carbocycles. The van der Waals surface area contributed by atoms with Crippen LogP contribution < -0.4 is 15.4 Å². The molecule has 0 radical (unpaired) electrons. The number of hydrogen-bond acceptors (Lipinski definition) is 6. The molecule has 0 aliphatic carbocycles. The Morgan fingerprint density at radius 3 is 2.89 bits per heavy atom. The third-order valence-corrected chi connectivity index (χ3v) is 5.21. The van der Waals surface area contributed by atoms with Crippen molar-refractivity contribution in [2.24, 2.45) is 0 Å². The third-order valence-electron chi connectivity index (χ3n) is 3.34. The van der Waals surface area contributed by atoms with Crippen LogP contribution in [0, 0.1) is 5.82 Å². The summed E-state index contributed by atoms with van der Waals surface area (Å²) in [6.07, 6.45) is 0. The number of halogens is 1. The minimum Gasteiger partial charge on any atom is -0.484 e. The minimum atomic E-state index is -0.425. The quantitative estimate of drug-likeness (QED) is 0.629. The highest BCUT2D eigenvalue weighted by molar-refractivity contribution is 7.17. The highest BCUT2D eigenvalue weighted by Crippen LogP contribution is 2.30. The number of carbonyl (C=O) groups excluding carboxylic acids is 2. The van der Waals surface area contributed by atoms with Crippen molar-refractivity contribution in [1.82, 2.24) is 10.3 Å². The van der Waals surface area contributed by atoms with Crippen molar-refractivity contribution in [3.8, 4) is 16.3 Å². The van der Waals surface area contributed by atoms with Crippen LogP contribution >= 0.6 is 22.7 Å². The lowest BCUT2D eigenvalue weighted by atomic mass is 10.3. The van der Waals surface area contributed by atoms with E-state index >= 15 is 0 Å². The molecule has 0 saturated carbocycles. The highest BCUT2D eigenvalue weighted by Gasteiger charge is 2.11. The molecule has 0 atom stereocenters. The summed E-state index contributed by atoms with van der Waals surface area (Å²) in [4.78, 5) is 29.3. The number of benzene rings is 1. The van der Waals surface area contributed by atoms with Crippen LogP contribution in [0.3, 0.4) is 0 Å². The number of amides is 2. The average molecular weight is 405 g/mol. The number of ether oxygens (including phenoxy) is 1. The maximum Gasteiger partial charge on any atom is 0.264 e. The fourth-order valence-corrected chi connectivity index (χ4v) is 3.84. The van der Waals surface area contributed by atoms with Gasteiger partial charge in [0.05, 0.1) is 17.1 Å². The molecule has 2 N–H and O–H groups in total. The lowest BCUT2D eigenvalue weighted by Gasteiger charge is -2.05. The summed E-state index contributed by atoms with van der Waals surface area (Å²) in [7, 11) is 0. The van der Waals surface area contributed by atoms with Crippen LogP contribution in [-0.2, 0) is 16.1 Å². The number of nitrogens with zero attached hydrogens (tertiary/aromatic N) is 1. The first kappa shape index (κ1) is 19.0. The second-order valence-corrected chi connectivity index (χ2v) is 7.53. The van der Waals surface area contributed by atoms with E-state index < -0.39 is 5.82 Å². The van der Waals surface area contributed by atoms with Crippen LogP contribution in [-0.4, -0.2) is 23.4 Å². The lowest BCUT2D eigenvalue weighted by molar-refractivity contribution is -0.119. The molecule has 2 heterocycles. The Kier molecular flexibility index (Phi) is 6.15. The van der Waals surface area contributed by atoms with Gasteiger partial charge >= 0.3 is 0 Å². The van der Waals surface area contributed by atoms with E-state index in [1.807, 2.05) is 17.5 Å². The molecule has 3 aromatic rings. The molecule has 140 valence electrons. The van der Waals surface area contributed by atoms with E-state index in [1.54, 1.807) is 6.07 Å². The van der Waals surface area contributed by atoms with E-state index in [-0.39, 0.29) is 24.2 Å². The van der Waals surface area contributed by atoms with Gasteiger partial charge in [0.1, 0.15) is 11.6 Å². The van der Waals surface area contributed by atoms with Crippen LogP contribution in [0.1, 0.15) is 11.8 Å². The van der Waals surface area contributed by atoms with E-state index in [4.69, 9.17) is 4.74 Å². The minimum absolute atomic E-state index is 0.0796. The fourth-order valence-electron chi connectivity index (χ4n) is 2.13. The second kappa shape index (κ2) is 8.74. The number of anilines is 1. The van der Waals surface area contributed by atoms with Crippen LogP contribution in [0.25, 0.3) is 10.6 Å².